The number of methoxy groups -OCH3 is 1. The quantitative estimate of drug-likeness (QED) is 0.681. The summed E-state index contributed by atoms with van der Waals surface area (Å²) >= 11 is 1.41. The molecule has 2 unspecified atom stereocenters. The molecule has 2 heterocycles. The number of amides is 1. The number of para-hydroxylation sites is 1. The van der Waals surface area contributed by atoms with E-state index in [1.54, 1.807) is 7.11 Å². The van der Waals surface area contributed by atoms with E-state index < -0.39 is 9.84 Å². The molecule has 0 N–H and O–H groups in total. The van der Waals surface area contributed by atoms with Crippen LogP contribution in [0.2, 0.25) is 0 Å². The number of hydrogen-bond donors (Lipinski definition) is 0. The molecule has 2 atom stereocenters. The van der Waals surface area contributed by atoms with Crippen LogP contribution in [-0.2, 0) is 21.1 Å². The molecule has 0 aliphatic carbocycles. The average molecular weight is 459 g/mol. The number of amidine groups is 1. The van der Waals surface area contributed by atoms with Gasteiger partial charge < -0.3 is 9.64 Å². The summed E-state index contributed by atoms with van der Waals surface area (Å²) in [7, 11) is -1.50. The van der Waals surface area contributed by atoms with Gasteiger partial charge in [-0.3, -0.25) is 4.79 Å². The number of sulfone groups is 1. The van der Waals surface area contributed by atoms with Gasteiger partial charge in [0.1, 0.15) is 5.75 Å². The normalized spacial score (nSPS) is 23.4. The van der Waals surface area contributed by atoms with Gasteiger partial charge in [-0.15, -0.1) is 0 Å². The summed E-state index contributed by atoms with van der Waals surface area (Å²) in [5, 5.41) is 0.481. The molecule has 4 rings (SSSR count). The van der Waals surface area contributed by atoms with E-state index in [1.807, 2.05) is 47.4 Å². The second-order valence-corrected chi connectivity index (χ2v) is 11.6. The van der Waals surface area contributed by atoms with Crippen LogP contribution in [0.15, 0.2) is 53.5 Å². The van der Waals surface area contributed by atoms with E-state index in [1.165, 1.54) is 11.8 Å². The fourth-order valence-electron chi connectivity index (χ4n) is 4.11. The first kappa shape index (κ1) is 21.9. The molecule has 2 aliphatic rings. The lowest BCUT2D eigenvalue weighted by Crippen LogP contribution is -2.38. The van der Waals surface area contributed by atoms with Gasteiger partial charge in [0.15, 0.2) is 15.0 Å². The summed E-state index contributed by atoms with van der Waals surface area (Å²) in [6.45, 7) is 4.22. The van der Waals surface area contributed by atoms with Crippen molar-refractivity contribution in [2.75, 3.05) is 23.5 Å². The van der Waals surface area contributed by atoms with Crippen molar-refractivity contribution in [1.29, 1.82) is 0 Å². The van der Waals surface area contributed by atoms with Gasteiger partial charge in [-0.25, -0.2) is 8.42 Å². The molecule has 0 bridgehead atoms. The Hall–Kier alpha value is -2.32. The van der Waals surface area contributed by atoms with Crippen LogP contribution in [0.1, 0.15) is 30.9 Å². The summed E-state index contributed by atoms with van der Waals surface area (Å²) in [6, 6.07) is 15.1. The Balaban J connectivity index is 1.66. The van der Waals surface area contributed by atoms with Crippen LogP contribution < -0.4 is 9.64 Å². The van der Waals surface area contributed by atoms with Crippen LogP contribution in [0.3, 0.4) is 0 Å². The fourth-order valence-corrected chi connectivity index (χ4v) is 8.03. The van der Waals surface area contributed by atoms with Crippen LogP contribution >= 0.6 is 11.8 Å². The van der Waals surface area contributed by atoms with Crippen LogP contribution in [0.4, 0.5) is 5.69 Å². The van der Waals surface area contributed by atoms with Crippen LogP contribution in [0.25, 0.3) is 0 Å². The molecule has 0 aromatic heterocycles. The van der Waals surface area contributed by atoms with Crippen molar-refractivity contribution >= 4 is 38.4 Å². The lowest BCUT2D eigenvalue weighted by Gasteiger charge is -2.28. The van der Waals surface area contributed by atoms with E-state index in [-0.39, 0.29) is 41.0 Å². The minimum Gasteiger partial charge on any atom is -0.497 e. The number of nitrogens with zero attached hydrogens (tertiary/aromatic N) is 2. The smallest absolute Gasteiger partial charge is 0.252 e. The molecule has 2 aromatic carbocycles. The lowest BCUT2D eigenvalue weighted by molar-refractivity contribution is -0.117. The molecule has 6 nitrogen and oxygen atoms in total. The van der Waals surface area contributed by atoms with Crippen LogP contribution in [-0.4, -0.2) is 49.4 Å². The first-order chi connectivity index (χ1) is 14.8. The zero-order chi connectivity index (χ0) is 22.2. The Morgan fingerprint density at radius 2 is 1.87 bits per heavy atom. The first-order valence-corrected chi connectivity index (χ1v) is 13.0. The summed E-state index contributed by atoms with van der Waals surface area (Å²) < 4.78 is 29.8. The molecule has 0 spiro atoms. The van der Waals surface area contributed by atoms with Crippen molar-refractivity contribution in [3.05, 3.63) is 59.7 Å². The first-order valence-electron chi connectivity index (χ1n) is 10.3. The predicted octanol–water partition coefficient (Wildman–Crippen LogP) is 3.66. The molecule has 8 heteroatoms. The predicted molar refractivity (Wildman–Crippen MR) is 126 cm³/mol. The summed E-state index contributed by atoms with van der Waals surface area (Å²) in [4.78, 5) is 19.2. The summed E-state index contributed by atoms with van der Waals surface area (Å²) in [5.41, 5.74) is 2.91. The number of hydrogen-bond acceptors (Lipinski definition) is 5. The largest absolute Gasteiger partial charge is 0.497 e. The van der Waals surface area contributed by atoms with Crippen molar-refractivity contribution in [3.63, 3.8) is 0 Å². The van der Waals surface area contributed by atoms with Gasteiger partial charge in [0.2, 0.25) is 0 Å². The zero-order valence-corrected chi connectivity index (χ0v) is 19.4. The third kappa shape index (κ3) is 4.65. The Morgan fingerprint density at radius 1 is 1.16 bits per heavy atom. The Bertz CT molecular complexity index is 1110. The molecule has 31 heavy (non-hydrogen) atoms. The highest BCUT2D eigenvalue weighted by atomic mass is 32.2. The average Bonchev–Trinajstić information content (AvgIpc) is 3.19. The molecular weight excluding hydrogens is 432 g/mol. The topological polar surface area (TPSA) is 76.0 Å². The maximum absolute atomic E-state index is 12.8. The van der Waals surface area contributed by atoms with Crippen molar-refractivity contribution in [2.45, 2.75) is 37.5 Å². The van der Waals surface area contributed by atoms with Gasteiger partial charge in [0, 0.05) is 10.9 Å². The number of thioether (sulfide) groups is 1. The summed E-state index contributed by atoms with van der Waals surface area (Å²) in [5.74, 6) is 0.952. The van der Waals surface area contributed by atoms with Crippen molar-refractivity contribution in [3.8, 4) is 5.75 Å². The number of anilines is 1. The number of fused-ring (bicyclic) bond motifs is 1. The lowest BCUT2D eigenvalue weighted by atomic mass is 9.99. The second-order valence-electron chi connectivity index (χ2n) is 8.20. The van der Waals surface area contributed by atoms with E-state index in [0.717, 1.165) is 22.6 Å². The number of ether oxygens (including phenoxy) is 1. The second kappa shape index (κ2) is 8.67. The number of carbonyl (C=O) groups is 1. The number of aliphatic imine (C=N–C) groups is 1. The van der Waals surface area contributed by atoms with Crippen LogP contribution in [0.5, 0.6) is 5.75 Å². The van der Waals surface area contributed by atoms with Crippen LogP contribution in [0, 0.1) is 0 Å². The van der Waals surface area contributed by atoms with Gasteiger partial charge in [-0.2, -0.15) is 4.99 Å². The van der Waals surface area contributed by atoms with E-state index in [9.17, 15) is 13.2 Å². The molecule has 2 fully saturated rings. The molecule has 0 saturated carbocycles. The highest BCUT2D eigenvalue weighted by Gasteiger charge is 2.49. The Morgan fingerprint density at radius 3 is 2.55 bits per heavy atom. The van der Waals surface area contributed by atoms with Gasteiger partial charge in [0.05, 0.1) is 31.1 Å². The van der Waals surface area contributed by atoms with Gasteiger partial charge in [-0.1, -0.05) is 55.9 Å². The monoisotopic (exact) mass is 458 g/mol. The van der Waals surface area contributed by atoms with E-state index in [2.05, 4.69) is 24.9 Å². The third-order valence-electron chi connectivity index (χ3n) is 5.62. The maximum Gasteiger partial charge on any atom is 0.252 e. The number of carbonyl (C=O) groups excluding carboxylic acids is 1. The van der Waals surface area contributed by atoms with E-state index >= 15 is 0 Å². The molecule has 1 amide bonds. The molecule has 164 valence electrons. The highest BCUT2D eigenvalue weighted by molar-refractivity contribution is 8.16. The highest BCUT2D eigenvalue weighted by Crippen LogP contribution is 2.43. The van der Waals surface area contributed by atoms with Crippen molar-refractivity contribution < 1.29 is 17.9 Å². The minimum absolute atomic E-state index is 0.0861. The number of benzene rings is 2. The van der Waals surface area contributed by atoms with Gasteiger partial charge in [0.25, 0.3) is 5.91 Å². The zero-order valence-electron chi connectivity index (χ0n) is 17.8. The molecule has 2 saturated heterocycles. The molecule has 0 radical (unpaired) electrons. The van der Waals surface area contributed by atoms with Gasteiger partial charge in [-0.05, 0) is 35.2 Å². The SMILES string of the molecule is COc1ccc(CC(=O)N=C2SC3CS(=O)(=O)CC3N2c2ccccc2C(C)C)cc1. The number of rotatable bonds is 5. The third-order valence-corrected chi connectivity index (χ3v) is 8.83. The van der Waals surface area contributed by atoms with Crippen molar-refractivity contribution in [2.24, 2.45) is 4.99 Å². The Kier molecular flexibility index (Phi) is 6.12. The van der Waals surface area contributed by atoms with E-state index in [4.69, 9.17) is 4.74 Å². The Labute approximate surface area is 187 Å². The molecule has 2 aromatic rings. The van der Waals surface area contributed by atoms with Gasteiger partial charge >= 0.3 is 0 Å². The minimum atomic E-state index is -3.10. The summed E-state index contributed by atoms with van der Waals surface area (Å²) in [6.07, 6.45) is 0.182. The standard InChI is InChI=1S/C23H26N2O4S2/c1-15(2)18-6-4-5-7-19(18)25-20-13-31(27,28)14-21(20)30-23(25)24-22(26)12-16-8-10-17(29-3)11-9-16/h4-11,15,20-21H,12-14H2,1-3H3. The fraction of sp³-hybridized carbons (Fsp3) is 0.391. The molecular formula is C23H26N2O4S2. The molecule has 2 aliphatic heterocycles. The maximum atomic E-state index is 12.8. The van der Waals surface area contributed by atoms with E-state index in [0.29, 0.717) is 5.17 Å². The van der Waals surface area contributed by atoms with Crippen molar-refractivity contribution in [1.82, 2.24) is 0 Å².